The Kier molecular flexibility index (Phi) is 3.20. The molecule has 1 aliphatic heterocycles. The van der Waals surface area contributed by atoms with Crippen molar-refractivity contribution in [2.45, 2.75) is 19.2 Å². The molecule has 1 aliphatic rings. The Hall–Kier alpha value is -2.30. The average Bonchev–Trinajstić information content (AvgIpc) is 2.45. The van der Waals surface area contributed by atoms with E-state index in [1.54, 1.807) is 13.0 Å². The van der Waals surface area contributed by atoms with Crippen LogP contribution in [0.1, 0.15) is 29.7 Å². The quantitative estimate of drug-likeness (QED) is 0.734. The van der Waals surface area contributed by atoms with Gasteiger partial charge < -0.3 is 4.74 Å². The van der Waals surface area contributed by atoms with Crippen LogP contribution in [0.4, 0.5) is 18.9 Å². The monoisotopic (exact) mass is 291 g/mol. The molecule has 1 unspecified atom stereocenters. The molecule has 21 heavy (non-hydrogen) atoms. The normalized spacial score (nSPS) is 17.7. The van der Waals surface area contributed by atoms with Crippen LogP contribution in [0.25, 0.3) is 0 Å². The first-order valence-electron chi connectivity index (χ1n) is 6.43. The third-order valence-corrected chi connectivity index (χ3v) is 3.30. The van der Waals surface area contributed by atoms with Crippen molar-refractivity contribution < 1.29 is 17.9 Å². The Labute approximate surface area is 119 Å². The molecular formula is C16H12F3NO. The first kappa shape index (κ1) is 13.7. The van der Waals surface area contributed by atoms with Crippen LogP contribution in [-0.2, 0) is 10.9 Å². The Morgan fingerprint density at radius 3 is 2.57 bits per heavy atom. The van der Waals surface area contributed by atoms with Crippen LogP contribution in [0.5, 0.6) is 0 Å². The minimum atomic E-state index is -4.37. The molecular weight excluding hydrogens is 279 g/mol. The Bertz CT molecular complexity index is 707. The average molecular weight is 291 g/mol. The van der Waals surface area contributed by atoms with Crippen LogP contribution >= 0.6 is 0 Å². The number of hydrogen-bond acceptors (Lipinski definition) is 2. The van der Waals surface area contributed by atoms with Crippen molar-refractivity contribution in [3.05, 3.63) is 65.2 Å². The number of rotatable bonds is 1. The van der Waals surface area contributed by atoms with Crippen molar-refractivity contribution >= 4 is 11.6 Å². The van der Waals surface area contributed by atoms with E-state index in [0.29, 0.717) is 11.5 Å². The van der Waals surface area contributed by atoms with Crippen LogP contribution in [0.15, 0.2) is 53.5 Å². The van der Waals surface area contributed by atoms with Gasteiger partial charge in [0.1, 0.15) is 0 Å². The fourth-order valence-corrected chi connectivity index (χ4v) is 2.37. The molecule has 3 rings (SSSR count). The molecule has 0 fully saturated rings. The van der Waals surface area contributed by atoms with Gasteiger partial charge in [0.25, 0.3) is 0 Å². The van der Waals surface area contributed by atoms with Crippen LogP contribution in [-0.4, -0.2) is 5.90 Å². The second-order valence-electron chi connectivity index (χ2n) is 4.81. The highest BCUT2D eigenvalue weighted by Gasteiger charge is 2.32. The topological polar surface area (TPSA) is 21.6 Å². The Morgan fingerprint density at radius 1 is 1.05 bits per heavy atom. The van der Waals surface area contributed by atoms with E-state index in [1.165, 1.54) is 6.07 Å². The number of para-hydroxylation sites is 1. The highest BCUT2D eigenvalue weighted by Crippen LogP contribution is 2.38. The summed E-state index contributed by atoms with van der Waals surface area (Å²) < 4.78 is 44.2. The van der Waals surface area contributed by atoms with E-state index in [0.717, 1.165) is 23.4 Å². The summed E-state index contributed by atoms with van der Waals surface area (Å²) in [6.45, 7) is 1.69. The maximum atomic E-state index is 12.8. The lowest BCUT2D eigenvalue weighted by Crippen LogP contribution is -2.15. The van der Waals surface area contributed by atoms with E-state index in [1.807, 2.05) is 24.3 Å². The minimum absolute atomic E-state index is 0.441. The van der Waals surface area contributed by atoms with Gasteiger partial charge in [0, 0.05) is 12.5 Å². The zero-order valence-electron chi connectivity index (χ0n) is 11.2. The van der Waals surface area contributed by atoms with Crippen LogP contribution in [0.2, 0.25) is 0 Å². The van der Waals surface area contributed by atoms with Gasteiger partial charge in [0.05, 0.1) is 11.3 Å². The summed E-state index contributed by atoms with van der Waals surface area (Å²) in [4.78, 5) is 4.26. The summed E-state index contributed by atoms with van der Waals surface area (Å²) in [5.41, 5.74) is 1.28. The molecule has 1 atom stereocenters. The lowest BCUT2D eigenvalue weighted by molar-refractivity contribution is -0.137. The summed E-state index contributed by atoms with van der Waals surface area (Å²) in [6.07, 6.45) is -4.94. The zero-order valence-corrected chi connectivity index (χ0v) is 11.2. The van der Waals surface area contributed by atoms with E-state index >= 15 is 0 Å². The summed E-state index contributed by atoms with van der Waals surface area (Å²) in [6, 6.07) is 12.5. The van der Waals surface area contributed by atoms with Gasteiger partial charge in [-0.2, -0.15) is 13.2 Å². The smallest absolute Gasteiger partial charge is 0.416 e. The van der Waals surface area contributed by atoms with E-state index in [4.69, 9.17) is 4.74 Å². The summed E-state index contributed by atoms with van der Waals surface area (Å²) >= 11 is 0. The number of fused-ring (bicyclic) bond motifs is 1. The highest BCUT2D eigenvalue weighted by molar-refractivity contribution is 5.80. The van der Waals surface area contributed by atoms with Crippen LogP contribution in [0.3, 0.4) is 0 Å². The molecule has 5 heteroatoms. The number of nitrogens with zero attached hydrogens (tertiary/aromatic N) is 1. The summed E-state index contributed by atoms with van der Waals surface area (Å²) in [5, 5.41) is 0. The van der Waals surface area contributed by atoms with Crippen molar-refractivity contribution in [2.75, 3.05) is 0 Å². The molecule has 0 saturated carbocycles. The molecule has 2 aromatic carbocycles. The van der Waals surface area contributed by atoms with Gasteiger partial charge in [-0.15, -0.1) is 0 Å². The molecule has 0 bridgehead atoms. The molecule has 0 aromatic heterocycles. The number of benzene rings is 2. The standard InChI is InChI=1S/C16H12F3NO/c1-10-20-14-8-3-2-7-13(14)15(21-10)11-5-4-6-12(9-11)16(17,18)19/h2-9,15H,1H3. The van der Waals surface area contributed by atoms with E-state index in [9.17, 15) is 13.2 Å². The van der Waals surface area contributed by atoms with Gasteiger partial charge in [-0.25, -0.2) is 4.99 Å². The largest absolute Gasteiger partial charge is 0.468 e. The lowest BCUT2D eigenvalue weighted by Gasteiger charge is -2.25. The number of aliphatic imine (C=N–C) groups is 1. The summed E-state index contributed by atoms with van der Waals surface area (Å²) in [7, 11) is 0. The van der Waals surface area contributed by atoms with Gasteiger partial charge in [-0.1, -0.05) is 30.3 Å². The van der Waals surface area contributed by atoms with Crippen molar-refractivity contribution in [1.82, 2.24) is 0 Å². The van der Waals surface area contributed by atoms with Crippen molar-refractivity contribution in [3.63, 3.8) is 0 Å². The van der Waals surface area contributed by atoms with Gasteiger partial charge in [0.15, 0.2) is 12.0 Å². The predicted octanol–water partition coefficient (Wildman–Crippen LogP) is 4.87. The van der Waals surface area contributed by atoms with Gasteiger partial charge >= 0.3 is 6.18 Å². The molecule has 108 valence electrons. The van der Waals surface area contributed by atoms with E-state index in [2.05, 4.69) is 4.99 Å². The number of halogens is 3. The maximum absolute atomic E-state index is 12.8. The molecule has 0 radical (unpaired) electrons. The number of ether oxygens (including phenoxy) is 1. The molecule has 0 N–H and O–H groups in total. The molecule has 1 heterocycles. The third kappa shape index (κ3) is 2.63. The van der Waals surface area contributed by atoms with E-state index in [-0.39, 0.29) is 0 Å². The van der Waals surface area contributed by atoms with Crippen LogP contribution < -0.4 is 0 Å². The fraction of sp³-hybridized carbons (Fsp3) is 0.188. The number of hydrogen-bond donors (Lipinski definition) is 0. The lowest BCUT2D eigenvalue weighted by atomic mass is 9.97. The Morgan fingerprint density at radius 2 is 1.81 bits per heavy atom. The SMILES string of the molecule is CC1=Nc2ccccc2C(c2cccc(C(F)(F)F)c2)O1. The van der Waals surface area contributed by atoms with Gasteiger partial charge in [0.2, 0.25) is 0 Å². The predicted molar refractivity (Wildman–Crippen MR) is 73.6 cm³/mol. The highest BCUT2D eigenvalue weighted by atomic mass is 19.4. The molecule has 2 aromatic rings. The fourth-order valence-electron chi connectivity index (χ4n) is 2.37. The molecule has 2 nitrogen and oxygen atoms in total. The van der Waals surface area contributed by atoms with Gasteiger partial charge in [-0.3, -0.25) is 0 Å². The van der Waals surface area contributed by atoms with Crippen molar-refractivity contribution in [1.29, 1.82) is 0 Å². The molecule has 0 spiro atoms. The zero-order chi connectivity index (χ0) is 15.0. The molecule has 0 amide bonds. The van der Waals surface area contributed by atoms with Crippen molar-refractivity contribution in [2.24, 2.45) is 4.99 Å². The van der Waals surface area contributed by atoms with Crippen molar-refractivity contribution in [3.8, 4) is 0 Å². The molecule has 0 aliphatic carbocycles. The first-order valence-corrected chi connectivity index (χ1v) is 6.43. The second-order valence-corrected chi connectivity index (χ2v) is 4.81. The number of alkyl halides is 3. The van der Waals surface area contributed by atoms with Gasteiger partial charge in [-0.05, 0) is 23.8 Å². The third-order valence-electron chi connectivity index (χ3n) is 3.30. The second kappa shape index (κ2) is 4.91. The summed E-state index contributed by atoms with van der Waals surface area (Å²) in [5.74, 6) is 0.441. The van der Waals surface area contributed by atoms with E-state index < -0.39 is 17.8 Å². The minimum Gasteiger partial charge on any atom is -0.468 e. The first-order chi connectivity index (χ1) is 9.95. The maximum Gasteiger partial charge on any atom is 0.416 e. The van der Waals surface area contributed by atoms with Crippen LogP contribution in [0, 0.1) is 0 Å². The Balaban J connectivity index is 2.07. The molecule has 0 saturated heterocycles.